The van der Waals surface area contributed by atoms with Crippen molar-refractivity contribution in [2.75, 3.05) is 38.1 Å². The maximum Gasteiger partial charge on any atom is 0.324 e. The molecule has 2 aliphatic rings. The molecule has 0 bridgehead atoms. The summed E-state index contributed by atoms with van der Waals surface area (Å²) in [5, 5.41) is 11.6. The fourth-order valence-electron chi connectivity index (χ4n) is 4.32. The first-order valence-corrected chi connectivity index (χ1v) is 9.68. The SMILES string of the molecule is Cc1nnnn1CCCN1CC2CCN(C(=O)N(C)c3ccccc3)C2C1. The van der Waals surface area contributed by atoms with Gasteiger partial charge in [-0.05, 0) is 54.8 Å². The monoisotopic (exact) mass is 369 g/mol. The summed E-state index contributed by atoms with van der Waals surface area (Å²) in [5.74, 6) is 1.45. The highest BCUT2D eigenvalue weighted by atomic mass is 16.2. The molecule has 8 heteroatoms. The number of aryl methyl sites for hydroxylation is 2. The van der Waals surface area contributed by atoms with Crippen molar-refractivity contribution in [1.29, 1.82) is 0 Å². The number of likely N-dealkylation sites (tertiary alicyclic amines) is 2. The second kappa shape index (κ2) is 7.64. The van der Waals surface area contributed by atoms with Crippen molar-refractivity contribution in [3.05, 3.63) is 36.2 Å². The molecule has 0 spiro atoms. The van der Waals surface area contributed by atoms with Crippen molar-refractivity contribution in [3.8, 4) is 0 Å². The predicted molar refractivity (Wildman–Crippen MR) is 102 cm³/mol. The minimum absolute atomic E-state index is 0.111. The quantitative estimate of drug-likeness (QED) is 0.801. The minimum atomic E-state index is 0.111. The molecular formula is C19H27N7O. The average molecular weight is 369 g/mol. The molecule has 0 N–H and O–H groups in total. The lowest BCUT2D eigenvalue weighted by Crippen LogP contribution is -2.46. The van der Waals surface area contributed by atoms with Gasteiger partial charge in [0.2, 0.25) is 0 Å². The van der Waals surface area contributed by atoms with E-state index in [0.29, 0.717) is 12.0 Å². The van der Waals surface area contributed by atoms with E-state index in [-0.39, 0.29) is 6.03 Å². The van der Waals surface area contributed by atoms with Crippen LogP contribution in [0.5, 0.6) is 0 Å². The van der Waals surface area contributed by atoms with Gasteiger partial charge in [0.25, 0.3) is 0 Å². The number of para-hydroxylation sites is 1. The van der Waals surface area contributed by atoms with Crippen molar-refractivity contribution in [3.63, 3.8) is 0 Å². The van der Waals surface area contributed by atoms with Crippen LogP contribution in [0.4, 0.5) is 10.5 Å². The number of amides is 2. The number of hydrogen-bond acceptors (Lipinski definition) is 5. The maximum absolute atomic E-state index is 13.0. The summed E-state index contributed by atoms with van der Waals surface area (Å²) in [7, 11) is 1.87. The predicted octanol–water partition coefficient (Wildman–Crippen LogP) is 1.63. The summed E-state index contributed by atoms with van der Waals surface area (Å²) in [4.78, 5) is 19.3. The Morgan fingerprint density at radius 2 is 2.04 bits per heavy atom. The van der Waals surface area contributed by atoms with Crippen LogP contribution >= 0.6 is 0 Å². The molecule has 2 aromatic rings. The van der Waals surface area contributed by atoms with E-state index in [4.69, 9.17) is 0 Å². The number of rotatable bonds is 5. The van der Waals surface area contributed by atoms with Crippen molar-refractivity contribution >= 4 is 11.7 Å². The second-order valence-electron chi connectivity index (χ2n) is 7.55. The maximum atomic E-state index is 13.0. The topological polar surface area (TPSA) is 70.4 Å². The van der Waals surface area contributed by atoms with E-state index >= 15 is 0 Å². The van der Waals surface area contributed by atoms with E-state index in [2.05, 4.69) is 25.3 Å². The third-order valence-corrected chi connectivity index (χ3v) is 5.85. The van der Waals surface area contributed by atoms with Gasteiger partial charge in [0.1, 0.15) is 5.82 Å². The van der Waals surface area contributed by atoms with Crippen molar-refractivity contribution < 1.29 is 4.79 Å². The number of carbonyl (C=O) groups is 1. The number of hydrogen-bond donors (Lipinski definition) is 0. The minimum Gasteiger partial charge on any atom is -0.320 e. The van der Waals surface area contributed by atoms with E-state index in [1.807, 2.05) is 49.0 Å². The summed E-state index contributed by atoms with van der Waals surface area (Å²) in [6.45, 7) is 6.69. The highest BCUT2D eigenvalue weighted by Gasteiger charge is 2.43. The molecule has 8 nitrogen and oxygen atoms in total. The van der Waals surface area contributed by atoms with Crippen LogP contribution in [0, 0.1) is 12.8 Å². The van der Waals surface area contributed by atoms with Crippen LogP contribution in [0.1, 0.15) is 18.7 Å². The molecule has 0 aliphatic carbocycles. The molecule has 3 heterocycles. The van der Waals surface area contributed by atoms with Crippen LogP contribution in [0.25, 0.3) is 0 Å². The normalized spacial score (nSPS) is 22.2. The first-order valence-electron chi connectivity index (χ1n) is 9.68. The Balaban J connectivity index is 1.31. The van der Waals surface area contributed by atoms with Gasteiger partial charge in [-0.2, -0.15) is 0 Å². The fraction of sp³-hybridized carbons (Fsp3) is 0.579. The number of urea groups is 1. The second-order valence-corrected chi connectivity index (χ2v) is 7.55. The molecule has 2 saturated heterocycles. The van der Waals surface area contributed by atoms with Crippen molar-refractivity contribution in [2.45, 2.75) is 32.4 Å². The highest BCUT2D eigenvalue weighted by Crippen LogP contribution is 2.32. The molecular weight excluding hydrogens is 342 g/mol. The highest BCUT2D eigenvalue weighted by molar-refractivity contribution is 5.91. The molecule has 2 fully saturated rings. The van der Waals surface area contributed by atoms with Gasteiger partial charge in [-0.1, -0.05) is 18.2 Å². The zero-order chi connectivity index (χ0) is 18.8. The standard InChI is InChI=1S/C19H27N7O/c1-15-20-21-22-26(15)11-6-10-24-13-16-9-12-25(18(16)14-24)19(27)23(2)17-7-4-3-5-8-17/h3-5,7-8,16,18H,6,9-14H2,1-2H3. The summed E-state index contributed by atoms with van der Waals surface area (Å²) < 4.78 is 1.85. The Labute approximate surface area is 159 Å². The van der Waals surface area contributed by atoms with E-state index in [1.165, 1.54) is 0 Å². The molecule has 0 radical (unpaired) electrons. The average Bonchev–Trinajstić information content (AvgIpc) is 3.37. The molecule has 2 atom stereocenters. The van der Waals surface area contributed by atoms with Gasteiger partial charge in [0, 0.05) is 38.9 Å². The number of nitrogens with zero attached hydrogens (tertiary/aromatic N) is 7. The zero-order valence-corrected chi connectivity index (χ0v) is 16.0. The molecule has 1 aromatic heterocycles. The first-order chi connectivity index (χ1) is 13.1. The molecule has 2 aliphatic heterocycles. The molecule has 144 valence electrons. The van der Waals surface area contributed by atoms with Crippen LogP contribution in [-0.2, 0) is 6.54 Å². The van der Waals surface area contributed by atoms with Gasteiger partial charge in [0.15, 0.2) is 0 Å². The Bertz CT molecular complexity index is 777. The summed E-state index contributed by atoms with van der Waals surface area (Å²) in [6, 6.07) is 10.3. The number of anilines is 1. The lowest BCUT2D eigenvalue weighted by Gasteiger charge is -2.29. The smallest absolute Gasteiger partial charge is 0.320 e. The number of fused-ring (bicyclic) bond motifs is 1. The molecule has 2 unspecified atom stereocenters. The van der Waals surface area contributed by atoms with Gasteiger partial charge < -0.3 is 9.80 Å². The largest absolute Gasteiger partial charge is 0.324 e. The molecule has 1 aromatic carbocycles. The molecule has 4 rings (SSSR count). The number of aromatic nitrogens is 4. The Morgan fingerprint density at radius 1 is 1.22 bits per heavy atom. The molecule has 27 heavy (non-hydrogen) atoms. The third-order valence-electron chi connectivity index (χ3n) is 5.85. The van der Waals surface area contributed by atoms with E-state index in [1.54, 1.807) is 4.90 Å². The first kappa shape index (κ1) is 17.9. The Morgan fingerprint density at radius 3 is 2.78 bits per heavy atom. The third kappa shape index (κ3) is 3.66. The summed E-state index contributed by atoms with van der Waals surface area (Å²) >= 11 is 0. The molecule has 2 amide bonds. The lowest BCUT2D eigenvalue weighted by molar-refractivity contribution is 0.194. The summed E-state index contributed by atoms with van der Waals surface area (Å²) in [6.07, 6.45) is 2.12. The van der Waals surface area contributed by atoms with Gasteiger partial charge in [-0.15, -0.1) is 5.10 Å². The van der Waals surface area contributed by atoms with Crippen LogP contribution in [0.15, 0.2) is 30.3 Å². The number of tetrazole rings is 1. The van der Waals surface area contributed by atoms with Crippen LogP contribution < -0.4 is 4.90 Å². The zero-order valence-electron chi connectivity index (χ0n) is 16.0. The fourth-order valence-corrected chi connectivity index (χ4v) is 4.32. The Hall–Kier alpha value is -2.48. The van der Waals surface area contributed by atoms with Crippen LogP contribution in [0.3, 0.4) is 0 Å². The van der Waals surface area contributed by atoms with Gasteiger partial charge >= 0.3 is 6.03 Å². The Kier molecular flexibility index (Phi) is 5.07. The molecule has 0 saturated carbocycles. The van der Waals surface area contributed by atoms with Crippen LogP contribution in [0.2, 0.25) is 0 Å². The van der Waals surface area contributed by atoms with Crippen molar-refractivity contribution in [1.82, 2.24) is 30.0 Å². The van der Waals surface area contributed by atoms with Gasteiger partial charge in [-0.3, -0.25) is 4.90 Å². The van der Waals surface area contributed by atoms with E-state index in [0.717, 1.165) is 57.1 Å². The van der Waals surface area contributed by atoms with Gasteiger partial charge in [-0.25, -0.2) is 9.48 Å². The van der Waals surface area contributed by atoms with Gasteiger partial charge in [0.05, 0.1) is 6.04 Å². The van der Waals surface area contributed by atoms with Crippen LogP contribution in [-0.4, -0.2) is 75.3 Å². The summed E-state index contributed by atoms with van der Waals surface area (Å²) in [5.41, 5.74) is 0.942. The van der Waals surface area contributed by atoms with E-state index < -0.39 is 0 Å². The van der Waals surface area contributed by atoms with Crippen molar-refractivity contribution in [2.24, 2.45) is 5.92 Å². The van der Waals surface area contributed by atoms with E-state index in [9.17, 15) is 4.79 Å². The lowest BCUT2D eigenvalue weighted by atomic mass is 10.1. The number of benzene rings is 1. The number of carbonyl (C=O) groups excluding carboxylic acids is 1.